The standard InChI is InChI=1S/C15H17ClN2O2S/c1-10-7-8-12(17)9-15(10)21(19,20)18-11(2)13-5-3-4-6-14(13)16/h3-9,11,18H,17H2,1-2H3. The molecule has 0 saturated carbocycles. The monoisotopic (exact) mass is 324 g/mol. The van der Waals surface area contributed by atoms with Crippen LogP contribution in [0.2, 0.25) is 5.02 Å². The number of nitrogens with two attached hydrogens (primary N) is 1. The number of anilines is 1. The highest BCUT2D eigenvalue weighted by atomic mass is 35.5. The summed E-state index contributed by atoms with van der Waals surface area (Å²) in [5.41, 5.74) is 7.45. The molecule has 0 heterocycles. The summed E-state index contributed by atoms with van der Waals surface area (Å²) in [6.07, 6.45) is 0. The molecule has 0 aromatic heterocycles. The number of hydrogen-bond acceptors (Lipinski definition) is 3. The molecule has 0 aliphatic heterocycles. The van der Waals surface area contributed by atoms with Crippen LogP contribution in [0.5, 0.6) is 0 Å². The summed E-state index contributed by atoms with van der Waals surface area (Å²) in [5, 5.41) is 0.525. The molecule has 0 amide bonds. The van der Waals surface area contributed by atoms with Gasteiger partial charge in [0.15, 0.2) is 0 Å². The van der Waals surface area contributed by atoms with Crippen molar-refractivity contribution in [2.75, 3.05) is 5.73 Å². The van der Waals surface area contributed by atoms with Gasteiger partial charge in [0.25, 0.3) is 0 Å². The summed E-state index contributed by atoms with van der Waals surface area (Å²) >= 11 is 6.10. The van der Waals surface area contributed by atoms with E-state index in [1.807, 2.05) is 6.07 Å². The van der Waals surface area contributed by atoms with Crippen molar-refractivity contribution in [3.05, 3.63) is 58.6 Å². The highest BCUT2D eigenvalue weighted by molar-refractivity contribution is 7.89. The molecule has 0 spiro atoms. The number of halogens is 1. The van der Waals surface area contributed by atoms with Crippen LogP contribution in [0.1, 0.15) is 24.1 Å². The van der Waals surface area contributed by atoms with Crippen LogP contribution in [0, 0.1) is 6.92 Å². The Morgan fingerprint density at radius 1 is 1.19 bits per heavy atom. The summed E-state index contributed by atoms with van der Waals surface area (Å²) in [4.78, 5) is 0.182. The third kappa shape index (κ3) is 3.56. The van der Waals surface area contributed by atoms with Gasteiger partial charge < -0.3 is 5.73 Å². The fraction of sp³-hybridized carbons (Fsp3) is 0.200. The van der Waals surface area contributed by atoms with E-state index < -0.39 is 16.1 Å². The first-order valence-corrected chi connectivity index (χ1v) is 8.30. The Balaban J connectivity index is 2.34. The number of hydrogen-bond donors (Lipinski definition) is 2. The quantitative estimate of drug-likeness (QED) is 0.848. The Morgan fingerprint density at radius 3 is 2.52 bits per heavy atom. The van der Waals surface area contributed by atoms with E-state index in [9.17, 15) is 8.42 Å². The van der Waals surface area contributed by atoms with Gasteiger partial charge in [-0.1, -0.05) is 35.9 Å². The lowest BCUT2D eigenvalue weighted by Gasteiger charge is -2.17. The van der Waals surface area contributed by atoms with Gasteiger partial charge in [-0.3, -0.25) is 0 Å². The predicted molar refractivity (Wildman–Crippen MR) is 85.8 cm³/mol. The van der Waals surface area contributed by atoms with Crippen molar-refractivity contribution in [3.63, 3.8) is 0 Å². The molecule has 0 aliphatic rings. The van der Waals surface area contributed by atoms with Crippen LogP contribution in [0.4, 0.5) is 5.69 Å². The molecule has 3 N–H and O–H groups in total. The zero-order valence-electron chi connectivity index (χ0n) is 11.8. The summed E-state index contributed by atoms with van der Waals surface area (Å²) < 4.78 is 27.6. The van der Waals surface area contributed by atoms with Crippen molar-refractivity contribution < 1.29 is 8.42 Å². The van der Waals surface area contributed by atoms with Gasteiger partial charge >= 0.3 is 0 Å². The van der Waals surface area contributed by atoms with Crippen LogP contribution in [-0.4, -0.2) is 8.42 Å². The van der Waals surface area contributed by atoms with Gasteiger partial charge in [0.1, 0.15) is 0 Å². The minimum Gasteiger partial charge on any atom is -0.399 e. The highest BCUT2D eigenvalue weighted by Gasteiger charge is 2.21. The van der Waals surface area contributed by atoms with E-state index in [2.05, 4.69) is 4.72 Å². The number of rotatable bonds is 4. The van der Waals surface area contributed by atoms with Crippen LogP contribution in [0.3, 0.4) is 0 Å². The van der Waals surface area contributed by atoms with Crippen molar-refractivity contribution in [1.29, 1.82) is 0 Å². The smallest absolute Gasteiger partial charge is 0.241 e. The molecule has 1 unspecified atom stereocenters. The summed E-state index contributed by atoms with van der Waals surface area (Å²) in [6, 6.07) is 11.5. The first kappa shape index (κ1) is 15.8. The molecule has 6 heteroatoms. The number of nitrogen functional groups attached to an aromatic ring is 1. The average Bonchev–Trinajstić information content (AvgIpc) is 2.41. The largest absolute Gasteiger partial charge is 0.399 e. The average molecular weight is 325 g/mol. The maximum Gasteiger partial charge on any atom is 0.241 e. The second-order valence-corrected chi connectivity index (χ2v) is 6.98. The Hall–Kier alpha value is -1.56. The highest BCUT2D eigenvalue weighted by Crippen LogP contribution is 2.25. The van der Waals surface area contributed by atoms with Gasteiger partial charge in [0.2, 0.25) is 10.0 Å². The van der Waals surface area contributed by atoms with E-state index in [0.29, 0.717) is 16.3 Å². The lowest BCUT2D eigenvalue weighted by atomic mass is 10.1. The fourth-order valence-corrected chi connectivity index (χ4v) is 3.89. The molecule has 2 aromatic rings. The van der Waals surface area contributed by atoms with Gasteiger partial charge in [-0.2, -0.15) is 0 Å². The van der Waals surface area contributed by atoms with E-state index in [4.69, 9.17) is 17.3 Å². The second-order valence-electron chi connectivity index (χ2n) is 4.89. The first-order chi connectivity index (χ1) is 9.81. The molecular formula is C15H17ClN2O2S. The van der Waals surface area contributed by atoms with Crippen molar-refractivity contribution in [3.8, 4) is 0 Å². The van der Waals surface area contributed by atoms with Gasteiger partial charge in [-0.15, -0.1) is 0 Å². The fourth-order valence-electron chi connectivity index (χ4n) is 2.09. The van der Waals surface area contributed by atoms with E-state index in [1.54, 1.807) is 44.2 Å². The maximum absolute atomic E-state index is 12.5. The van der Waals surface area contributed by atoms with Crippen molar-refractivity contribution in [2.24, 2.45) is 0 Å². The van der Waals surface area contributed by atoms with Crippen LogP contribution in [-0.2, 0) is 10.0 Å². The number of nitrogens with one attached hydrogen (secondary N) is 1. The van der Waals surface area contributed by atoms with Gasteiger partial charge in [0, 0.05) is 16.8 Å². The summed E-state index contributed by atoms with van der Waals surface area (Å²) in [6.45, 7) is 3.48. The predicted octanol–water partition coefficient (Wildman–Crippen LogP) is 3.27. The Kier molecular flexibility index (Phi) is 4.56. The number of sulfonamides is 1. The Bertz CT molecular complexity index is 760. The molecule has 2 rings (SSSR count). The van der Waals surface area contributed by atoms with Gasteiger partial charge in [-0.05, 0) is 43.2 Å². The summed E-state index contributed by atoms with van der Waals surface area (Å²) in [7, 11) is -3.67. The van der Waals surface area contributed by atoms with Gasteiger partial charge in [-0.25, -0.2) is 13.1 Å². The summed E-state index contributed by atoms with van der Waals surface area (Å²) in [5.74, 6) is 0. The first-order valence-electron chi connectivity index (χ1n) is 6.44. The molecule has 0 radical (unpaired) electrons. The van der Waals surface area contributed by atoms with Crippen molar-refractivity contribution in [2.45, 2.75) is 24.8 Å². The Labute approximate surface area is 130 Å². The normalized spacial score (nSPS) is 13.1. The van der Waals surface area contributed by atoms with Crippen LogP contribution < -0.4 is 10.5 Å². The molecule has 21 heavy (non-hydrogen) atoms. The molecule has 4 nitrogen and oxygen atoms in total. The molecule has 0 aliphatic carbocycles. The van der Waals surface area contributed by atoms with Crippen LogP contribution >= 0.6 is 11.6 Å². The zero-order valence-corrected chi connectivity index (χ0v) is 13.4. The zero-order chi connectivity index (χ0) is 15.6. The molecular weight excluding hydrogens is 308 g/mol. The third-order valence-corrected chi connectivity index (χ3v) is 5.23. The molecule has 1 atom stereocenters. The van der Waals surface area contributed by atoms with E-state index >= 15 is 0 Å². The third-order valence-electron chi connectivity index (χ3n) is 3.21. The lowest BCUT2D eigenvalue weighted by Crippen LogP contribution is -2.27. The molecule has 0 saturated heterocycles. The molecule has 0 bridgehead atoms. The van der Waals surface area contributed by atoms with E-state index in [-0.39, 0.29) is 4.90 Å². The van der Waals surface area contributed by atoms with E-state index in [0.717, 1.165) is 5.56 Å². The SMILES string of the molecule is Cc1ccc(N)cc1S(=O)(=O)NC(C)c1ccccc1Cl. The minimum atomic E-state index is -3.67. The van der Waals surface area contributed by atoms with Crippen molar-refractivity contribution >= 4 is 27.3 Å². The lowest BCUT2D eigenvalue weighted by molar-refractivity contribution is 0.566. The molecule has 0 fully saturated rings. The number of aryl methyl sites for hydroxylation is 1. The number of benzene rings is 2. The van der Waals surface area contributed by atoms with Gasteiger partial charge in [0.05, 0.1) is 4.90 Å². The van der Waals surface area contributed by atoms with Crippen LogP contribution in [0.15, 0.2) is 47.4 Å². The Morgan fingerprint density at radius 2 is 1.86 bits per heavy atom. The minimum absolute atomic E-state index is 0.182. The van der Waals surface area contributed by atoms with Crippen LogP contribution in [0.25, 0.3) is 0 Å². The maximum atomic E-state index is 12.5. The second kappa shape index (κ2) is 6.05. The molecule has 2 aromatic carbocycles. The topological polar surface area (TPSA) is 72.2 Å². The van der Waals surface area contributed by atoms with E-state index in [1.165, 1.54) is 6.07 Å². The molecule has 112 valence electrons. The van der Waals surface area contributed by atoms with Crippen molar-refractivity contribution in [1.82, 2.24) is 4.72 Å².